The zero-order valence-electron chi connectivity index (χ0n) is 15.6. The highest BCUT2D eigenvalue weighted by Gasteiger charge is 2.14. The average molecular weight is 335 g/mol. The number of nitrogens with zero attached hydrogens (tertiary/aromatic N) is 4. The van der Waals surface area contributed by atoms with Crippen molar-refractivity contribution in [3.05, 3.63) is 11.6 Å². The Bertz CT molecular complexity index is 502. The Labute approximate surface area is 146 Å². The van der Waals surface area contributed by atoms with Crippen LogP contribution in [0.25, 0.3) is 0 Å². The first-order chi connectivity index (χ1) is 11.7. The molecular weight excluding hydrogens is 300 g/mol. The van der Waals surface area contributed by atoms with Crippen LogP contribution in [0.2, 0.25) is 0 Å². The third-order valence-corrected chi connectivity index (χ3v) is 4.83. The molecule has 0 unspecified atom stereocenters. The van der Waals surface area contributed by atoms with Crippen LogP contribution in [0.15, 0.2) is 4.99 Å². The van der Waals surface area contributed by atoms with Crippen molar-refractivity contribution in [1.29, 1.82) is 0 Å². The molecule has 1 heterocycles. The number of guanidine groups is 1. The Morgan fingerprint density at radius 2 is 1.96 bits per heavy atom. The zero-order chi connectivity index (χ0) is 17.2. The van der Waals surface area contributed by atoms with Crippen molar-refractivity contribution < 1.29 is 0 Å². The summed E-state index contributed by atoms with van der Waals surface area (Å²) in [5.41, 5.74) is 0. The van der Waals surface area contributed by atoms with Crippen molar-refractivity contribution in [2.24, 2.45) is 12.0 Å². The van der Waals surface area contributed by atoms with Gasteiger partial charge in [-0.15, -0.1) is 10.2 Å². The number of nitrogens with one attached hydrogen (secondary N) is 2. The van der Waals surface area contributed by atoms with E-state index in [0.29, 0.717) is 12.6 Å². The lowest BCUT2D eigenvalue weighted by molar-refractivity contribution is 0.409. The fraction of sp³-hybridized carbons (Fsp3) is 0.833. The van der Waals surface area contributed by atoms with Crippen molar-refractivity contribution in [2.75, 3.05) is 6.54 Å². The summed E-state index contributed by atoms with van der Waals surface area (Å²) in [5.74, 6) is 2.76. The van der Waals surface area contributed by atoms with Crippen molar-refractivity contribution in [3.8, 4) is 0 Å². The Hall–Kier alpha value is -1.59. The Kier molecular flexibility index (Phi) is 8.05. The molecule has 0 bridgehead atoms. The smallest absolute Gasteiger partial charge is 0.191 e. The molecule has 1 saturated carbocycles. The van der Waals surface area contributed by atoms with Gasteiger partial charge in [-0.3, -0.25) is 0 Å². The molecule has 0 radical (unpaired) electrons. The number of hydrogen-bond donors (Lipinski definition) is 2. The van der Waals surface area contributed by atoms with Crippen LogP contribution in [0.3, 0.4) is 0 Å². The molecule has 2 N–H and O–H groups in total. The first-order valence-corrected chi connectivity index (χ1v) is 9.60. The summed E-state index contributed by atoms with van der Waals surface area (Å²) < 4.78 is 2.00. The second-order valence-corrected chi connectivity index (χ2v) is 6.85. The van der Waals surface area contributed by atoms with Gasteiger partial charge in [0.1, 0.15) is 12.4 Å². The van der Waals surface area contributed by atoms with Crippen LogP contribution in [-0.4, -0.2) is 33.3 Å². The third kappa shape index (κ3) is 6.13. The summed E-state index contributed by atoms with van der Waals surface area (Å²) in [5, 5.41) is 15.4. The molecule has 136 valence electrons. The lowest BCUT2D eigenvalue weighted by atomic mass is 9.96. The van der Waals surface area contributed by atoms with E-state index in [9.17, 15) is 0 Å². The number of aromatic nitrogens is 3. The fourth-order valence-corrected chi connectivity index (χ4v) is 3.09. The molecule has 0 saturated heterocycles. The van der Waals surface area contributed by atoms with Gasteiger partial charge in [0, 0.05) is 19.6 Å². The summed E-state index contributed by atoms with van der Waals surface area (Å²) in [6.45, 7) is 5.76. The quantitative estimate of drug-likeness (QED) is 0.435. The molecule has 2 rings (SSSR count). The molecule has 0 atom stereocenters. The zero-order valence-corrected chi connectivity index (χ0v) is 15.6. The van der Waals surface area contributed by atoms with Crippen LogP contribution in [-0.2, 0) is 13.6 Å². The second kappa shape index (κ2) is 10.3. The van der Waals surface area contributed by atoms with E-state index in [2.05, 4.69) is 27.8 Å². The highest BCUT2D eigenvalue weighted by atomic mass is 15.3. The lowest BCUT2D eigenvalue weighted by Crippen LogP contribution is -2.44. The van der Waals surface area contributed by atoms with Gasteiger partial charge in [-0.2, -0.15) is 0 Å². The number of rotatable bonds is 8. The van der Waals surface area contributed by atoms with E-state index in [1.54, 1.807) is 0 Å². The molecule has 0 aliphatic heterocycles. The van der Waals surface area contributed by atoms with Crippen LogP contribution in [0.1, 0.15) is 76.4 Å². The van der Waals surface area contributed by atoms with Gasteiger partial charge in [-0.1, -0.05) is 45.4 Å². The standard InChI is InChI=1S/C18H34N6/c1-4-5-6-10-13-19-18(21-16-11-8-7-9-12-16)20-14-17-23-22-15(2)24(17)3/h16H,4-14H2,1-3H3,(H2,19,20,21). The molecule has 6 nitrogen and oxygen atoms in total. The van der Waals surface area contributed by atoms with Crippen LogP contribution in [0, 0.1) is 6.92 Å². The maximum Gasteiger partial charge on any atom is 0.191 e. The topological polar surface area (TPSA) is 67.1 Å². The van der Waals surface area contributed by atoms with Crippen molar-refractivity contribution in [2.45, 2.75) is 84.2 Å². The summed E-state index contributed by atoms with van der Waals surface area (Å²) in [4.78, 5) is 4.75. The van der Waals surface area contributed by atoms with Crippen LogP contribution in [0.5, 0.6) is 0 Å². The third-order valence-electron chi connectivity index (χ3n) is 4.83. The number of unbranched alkanes of at least 4 members (excludes halogenated alkanes) is 3. The molecule has 1 aromatic rings. The van der Waals surface area contributed by atoms with Crippen molar-refractivity contribution in [3.63, 3.8) is 0 Å². The largest absolute Gasteiger partial charge is 0.356 e. The summed E-state index contributed by atoms with van der Waals surface area (Å²) in [6, 6.07) is 0.557. The highest BCUT2D eigenvalue weighted by Crippen LogP contribution is 2.17. The first kappa shape index (κ1) is 18.7. The van der Waals surface area contributed by atoms with Crippen LogP contribution in [0.4, 0.5) is 0 Å². The molecule has 1 aliphatic rings. The molecule has 0 amide bonds. The van der Waals surface area contributed by atoms with Gasteiger partial charge in [0.2, 0.25) is 0 Å². The second-order valence-electron chi connectivity index (χ2n) is 6.85. The molecule has 1 aliphatic carbocycles. The monoisotopic (exact) mass is 334 g/mol. The van der Waals surface area contributed by atoms with E-state index in [1.165, 1.54) is 57.8 Å². The minimum absolute atomic E-state index is 0.557. The van der Waals surface area contributed by atoms with Gasteiger partial charge in [0.15, 0.2) is 11.8 Å². The molecule has 6 heteroatoms. The van der Waals surface area contributed by atoms with E-state index in [4.69, 9.17) is 4.99 Å². The summed E-state index contributed by atoms with van der Waals surface area (Å²) in [7, 11) is 1.99. The molecular formula is C18H34N6. The van der Waals surface area contributed by atoms with Crippen molar-refractivity contribution in [1.82, 2.24) is 25.4 Å². The Morgan fingerprint density at radius 1 is 1.17 bits per heavy atom. The lowest BCUT2D eigenvalue weighted by Gasteiger charge is -2.25. The average Bonchev–Trinajstić information content (AvgIpc) is 2.92. The molecule has 0 spiro atoms. The predicted molar refractivity (Wildman–Crippen MR) is 99.0 cm³/mol. The van der Waals surface area contributed by atoms with Gasteiger partial charge in [0.05, 0.1) is 0 Å². The molecule has 0 aromatic carbocycles. The maximum atomic E-state index is 4.75. The number of hydrogen-bond acceptors (Lipinski definition) is 3. The molecule has 24 heavy (non-hydrogen) atoms. The van der Waals surface area contributed by atoms with Gasteiger partial charge in [-0.05, 0) is 26.2 Å². The predicted octanol–water partition coefficient (Wildman–Crippen LogP) is 3.07. The highest BCUT2D eigenvalue weighted by molar-refractivity contribution is 5.80. The molecule has 1 fully saturated rings. The minimum atomic E-state index is 0.557. The van der Waals surface area contributed by atoms with E-state index >= 15 is 0 Å². The van der Waals surface area contributed by atoms with Crippen molar-refractivity contribution >= 4 is 5.96 Å². The normalized spacial score (nSPS) is 16.4. The summed E-state index contributed by atoms with van der Waals surface area (Å²) >= 11 is 0. The first-order valence-electron chi connectivity index (χ1n) is 9.60. The molecule has 1 aromatic heterocycles. The summed E-state index contributed by atoms with van der Waals surface area (Å²) in [6.07, 6.45) is 11.6. The van der Waals surface area contributed by atoms with Crippen LogP contribution >= 0.6 is 0 Å². The van der Waals surface area contributed by atoms with Gasteiger partial charge < -0.3 is 15.2 Å². The van der Waals surface area contributed by atoms with E-state index in [-0.39, 0.29) is 0 Å². The van der Waals surface area contributed by atoms with E-state index in [0.717, 1.165) is 24.2 Å². The maximum absolute atomic E-state index is 4.75. The Morgan fingerprint density at radius 3 is 2.62 bits per heavy atom. The fourth-order valence-electron chi connectivity index (χ4n) is 3.09. The SMILES string of the molecule is CCCCCCNC(=NCc1nnc(C)n1C)NC1CCCCC1. The number of aryl methyl sites for hydroxylation is 1. The number of aliphatic imine (C=N–C) groups is 1. The van der Waals surface area contributed by atoms with Crippen LogP contribution < -0.4 is 10.6 Å². The van der Waals surface area contributed by atoms with Gasteiger partial charge in [-0.25, -0.2) is 4.99 Å². The minimum Gasteiger partial charge on any atom is -0.356 e. The van der Waals surface area contributed by atoms with Gasteiger partial charge >= 0.3 is 0 Å². The Balaban J connectivity index is 1.89. The van der Waals surface area contributed by atoms with E-state index < -0.39 is 0 Å². The van der Waals surface area contributed by atoms with Gasteiger partial charge in [0.25, 0.3) is 0 Å². The van der Waals surface area contributed by atoms with E-state index in [1.807, 2.05) is 18.5 Å².